The van der Waals surface area contributed by atoms with Crippen LogP contribution in [0.25, 0.3) is 0 Å². The van der Waals surface area contributed by atoms with Crippen LogP contribution >= 0.6 is 0 Å². The Morgan fingerprint density at radius 1 is 0.857 bits per heavy atom. The normalized spacial score (nSPS) is 11.0. The summed E-state index contributed by atoms with van der Waals surface area (Å²) in [5, 5.41) is 3.16. The zero-order valence-corrected chi connectivity index (χ0v) is 16.6. The average molecular weight is 399 g/mol. The first kappa shape index (κ1) is 19.5. The average Bonchev–Trinajstić information content (AvgIpc) is 2.70. The van der Waals surface area contributed by atoms with E-state index >= 15 is 0 Å². The lowest BCUT2D eigenvalue weighted by molar-refractivity contribution is 0.354. The van der Waals surface area contributed by atoms with E-state index in [-0.39, 0.29) is 4.90 Å². The lowest BCUT2D eigenvalue weighted by atomic mass is 10.2. The molecule has 1 aromatic heterocycles. The zero-order chi connectivity index (χ0) is 20.1. The summed E-state index contributed by atoms with van der Waals surface area (Å²) in [5.74, 6) is 1.40. The van der Waals surface area contributed by atoms with Gasteiger partial charge in [0, 0.05) is 11.8 Å². The van der Waals surface area contributed by atoms with Crippen molar-refractivity contribution in [1.82, 2.24) is 4.98 Å². The quantitative estimate of drug-likeness (QED) is 0.625. The Bertz CT molecular complexity index is 1050. The van der Waals surface area contributed by atoms with Crippen molar-refractivity contribution < 1.29 is 17.9 Å². The molecule has 28 heavy (non-hydrogen) atoms. The van der Waals surface area contributed by atoms with Gasteiger partial charge in [0.2, 0.25) is 0 Å². The number of sulfonamides is 1. The Morgan fingerprint density at radius 2 is 1.54 bits per heavy atom. The molecule has 0 aliphatic rings. The van der Waals surface area contributed by atoms with Crippen molar-refractivity contribution in [3.05, 3.63) is 66.4 Å². The van der Waals surface area contributed by atoms with E-state index < -0.39 is 10.0 Å². The van der Waals surface area contributed by atoms with Crippen molar-refractivity contribution in [2.24, 2.45) is 0 Å². The van der Waals surface area contributed by atoms with Crippen LogP contribution in [0.15, 0.2) is 65.7 Å². The number of pyridine rings is 1. The molecule has 0 aliphatic heterocycles. The molecule has 7 nitrogen and oxygen atoms in total. The highest BCUT2D eigenvalue weighted by molar-refractivity contribution is 7.92. The molecule has 0 radical (unpaired) electrons. The molecule has 3 rings (SSSR count). The number of hydrogen-bond acceptors (Lipinski definition) is 6. The fourth-order valence-corrected chi connectivity index (χ4v) is 3.57. The first-order chi connectivity index (χ1) is 13.4. The number of aryl methyl sites for hydroxylation is 1. The highest BCUT2D eigenvalue weighted by atomic mass is 32.2. The maximum absolute atomic E-state index is 12.6. The van der Waals surface area contributed by atoms with Gasteiger partial charge in [-0.2, -0.15) is 0 Å². The van der Waals surface area contributed by atoms with E-state index in [1.807, 2.05) is 31.2 Å². The van der Waals surface area contributed by atoms with Gasteiger partial charge in [0.25, 0.3) is 10.0 Å². The summed E-state index contributed by atoms with van der Waals surface area (Å²) in [6.07, 6.45) is 1.45. The minimum absolute atomic E-state index is 0.0620. The molecule has 0 fully saturated rings. The molecule has 8 heteroatoms. The minimum Gasteiger partial charge on any atom is -0.493 e. The molecule has 2 N–H and O–H groups in total. The summed E-state index contributed by atoms with van der Waals surface area (Å²) in [6, 6.07) is 15.6. The van der Waals surface area contributed by atoms with Crippen molar-refractivity contribution in [1.29, 1.82) is 0 Å². The van der Waals surface area contributed by atoms with Crippen LogP contribution in [0.4, 0.5) is 17.2 Å². The third-order valence-electron chi connectivity index (χ3n) is 4.00. The summed E-state index contributed by atoms with van der Waals surface area (Å²) >= 11 is 0. The van der Waals surface area contributed by atoms with Crippen LogP contribution < -0.4 is 19.5 Å². The summed E-state index contributed by atoms with van der Waals surface area (Å²) in [6.45, 7) is 2.02. The minimum atomic E-state index is -3.79. The van der Waals surface area contributed by atoms with Gasteiger partial charge >= 0.3 is 0 Å². The number of benzene rings is 2. The second kappa shape index (κ2) is 8.18. The number of ether oxygens (including phenoxy) is 2. The Morgan fingerprint density at radius 3 is 2.14 bits per heavy atom. The third-order valence-corrected chi connectivity index (χ3v) is 5.38. The number of methoxy groups -OCH3 is 2. The first-order valence-electron chi connectivity index (χ1n) is 8.46. The van der Waals surface area contributed by atoms with E-state index in [2.05, 4.69) is 15.0 Å². The molecule has 3 aromatic rings. The highest BCUT2D eigenvalue weighted by Crippen LogP contribution is 2.30. The van der Waals surface area contributed by atoms with Crippen LogP contribution in [0.1, 0.15) is 5.56 Å². The van der Waals surface area contributed by atoms with Gasteiger partial charge in [0.05, 0.1) is 31.0 Å². The molecule has 0 unspecified atom stereocenters. The van der Waals surface area contributed by atoms with Crippen molar-refractivity contribution in [3.63, 3.8) is 0 Å². The van der Waals surface area contributed by atoms with Gasteiger partial charge < -0.3 is 14.8 Å². The summed E-state index contributed by atoms with van der Waals surface area (Å²) in [5.41, 5.74) is 2.42. The highest BCUT2D eigenvalue weighted by Gasteiger charge is 2.17. The van der Waals surface area contributed by atoms with Gasteiger partial charge in [-0.3, -0.25) is 4.72 Å². The van der Waals surface area contributed by atoms with E-state index in [1.54, 1.807) is 18.2 Å². The van der Waals surface area contributed by atoms with Crippen molar-refractivity contribution >= 4 is 27.2 Å². The molecule has 0 amide bonds. The van der Waals surface area contributed by atoms with Crippen LogP contribution in [0, 0.1) is 6.92 Å². The lowest BCUT2D eigenvalue weighted by Crippen LogP contribution is -2.13. The summed E-state index contributed by atoms with van der Waals surface area (Å²) < 4.78 is 38.1. The Labute approximate surface area is 164 Å². The van der Waals surface area contributed by atoms with E-state index in [0.717, 1.165) is 5.69 Å². The summed E-state index contributed by atoms with van der Waals surface area (Å²) in [4.78, 5) is 4.31. The maximum Gasteiger partial charge on any atom is 0.262 e. The lowest BCUT2D eigenvalue weighted by Gasteiger charge is -2.12. The molecule has 0 spiro atoms. The molecular formula is C20H21N3O4S. The van der Waals surface area contributed by atoms with E-state index in [4.69, 9.17) is 9.47 Å². The summed E-state index contributed by atoms with van der Waals surface area (Å²) in [7, 11) is -0.855. The first-order valence-corrected chi connectivity index (χ1v) is 9.94. The molecule has 1 heterocycles. The number of rotatable bonds is 7. The number of nitrogens with one attached hydrogen (secondary N) is 2. The molecule has 0 aliphatic carbocycles. The van der Waals surface area contributed by atoms with Gasteiger partial charge in [0.1, 0.15) is 5.82 Å². The standard InChI is InChI=1S/C20H21N3O4S/c1-14-4-6-15(7-5-14)22-20-11-8-16(13-21-20)23-28(24,25)17-9-10-18(26-2)19(12-17)27-3/h4-13,23H,1-3H3,(H,21,22). The number of aromatic nitrogens is 1. The molecule has 0 bridgehead atoms. The molecule has 2 aromatic carbocycles. The number of hydrogen-bond donors (Lipinski definition) is 2. The molecule has 0 saturated heterocycles. The predicted molar refractivity (Wildman–Crippen MR) is 109 cm³/mol. The molecule has 0 saturated carbocycles. The van der Waals surface area contributed by atoms with Crippen molar-refractivity contribution in [2.75, 3.05) is 24.3 Å². The van der Waals surface area contributed by atoms with Crippen LogP contribution in [0.3, 0.4) is 0 Å². The fourth-order valence-electron chi connectivity index (χ4n) is 2.51. The predicted octanol–water partition coefficient (Wildman–Crippen LogP) is 3.95. The van der Waals surface area contributed by atoms with Crippen molar-refractivity contribution in [2.45, 2.75) is 11.8 Å². The van der Waals surface area contributed by atoms with Crippen molar-refractivity contribution in [3.8, 4) is 11.5 Å². The van der Waals surface area contributed by atoms with E-state index in [9.17, 15) is 8.42 Å². The third kappa shape index (κ3) is 4.52. The fraction of sp³-hybridized carbons (Fsp3) is 0.150. The largest absolute Gasteiger partial charge is 0.493 e. The van der Waals surface area contributed by atoms with Crippen LogP contribution in [-0.2, 0) is 10.0 Å². The Balaban J connectivity index is 1.74. The Hall–Kier alpha value is -3.26. The van der Waals surface area contributed by atoms with Gasteiger partial charge in [-0.15, -0.1) is 0 Å². The second-order valence-corrected chi connectivity index (χ2v) is 7.73. The number of nitrogens with zero attached hydrogens (tertiary/aromatic N) is 1. The topological polar surface area (TPSA) is 89.6 Å². The Kier molecular flexibility index (Phi) is 5.70. The smallest absolute Gasteiger partial charge is 0.262 e. The molecule has 146 valence electrons. The zero-order valence-electron chi connectivity index (χ0n) is 15.8. The van der Waals surface area contributed by atoms with Crippen LogP contribution in [0.5, 0.6) is 11.5 Å². The van der Waals surface area contributed by atoms with Gasteiger partial charge in [-0.05, 0) is 43.3 Å². The molecule has 0 atom stereocenters. The SMILES string of the molecule is COc1ccc(S(=O)(=O)Nc2ccc(Nc3ccc(C)cc3)nc2)cc1OC. The van der Waals surface area contributed by atoms with E-state index in [0.29, 0.717) is 23.0 Å². The number of anilines is 3. The van der Waals surface area contributed by atoms with Gasteiger partial charge in [0.15, 0.2) is 11.5 Å². The van der Waals surface area contributed by atoms with Gasteiger partial charge in [-0.25, -0.2) is 13.4 Å². The van der Waals surface area contributed by atoms with Gasteiger partial charge in [-0.1, -0.05) is 17.7 Å². The van der Waals surface area contributed by atoms with Crippen LogP contribution in [0.2, 0.25) is 0 Å². The second-order valence-electron chi connectivity index (χ2n) is 6.05. The maximum atomic E-state index is 12.6. The van der Waals surface area contributed by atoms with E-state index in [1.165, 1.54) is 38.1 Å². The monoisotopic (exact) mass is 399 g/mol. The van der Waals surface area contributed by atoms with Crippen LogP contribution in [-0.4, -0.2) is 27.6 Å². The molecular weight excluding hydrogens is 378 g/mol.